The Hall–Kier alpha value is -1.57. The highest BCUT2D eigenvalue weighted by atomic mass is 19.4. The van der Waals surface area contributed by atoms with E-state index in [9.17, 15) is 13.2 Å². The summed E-state index contributed by atoms with van der Waals surface area (Å²) in [4.78, 5) is 7.49. The lowest BCUT2D eigenvalue weighted by atomic mass is 10.3. The van der Waals surface area contributed by atoms with E-state index in [1.807, 2.05) is 0 Å². The smallest absolute Gasteiger partial charge is 0.382 e. The third-order valence-electron chi connectivity index (χ3n) is 1.78. The molecule has 5 nitrogen and oxygen atoms in total. The number of hydrogen-bond donors (Lipinski definition) is 3. The van der Waals surface area contributed by atoms with E-state index in [2.05, 4.69) is 20.6 Å². The van der Waals surface area contributed by atoms with Crippen molar-refractivity contribution in [2.45, 2.75) is 12.3 Å². The predicted octanol–water partition coefficient (Wildman–Crippen LogP) is 0.853. The molecule has 0 bridgehead atoms. The lowest BCUT2D eigenvalue weighted by Gasteiger charge is -2.15. The zero-order valence-corrected chi connectivity index (χ0v) is 8.41. The Balaban J connectivity index is 2.54. The summed E-state index contributed by atoms with van der Waals surface area (Å²) in [6, 6.07) is 1.43. The van der Waals surface area contributed by atoms with Crippen LogP contribution in [0.3, 0.4) is 0 Å². The van der Waals surface area contributed by atoms with Crippen molar-refractivity contribution in [2.24, 2.45) is 0 Å². The Labute approximate surface area is 89.7 Å². The zero-order chi connectivity index (χ0) is 12.2. The van der Waals surface area contributed by atoms with Gasteiger partial charge in [-0.1, -0.05) is 0 Å². The molecule has 0 radical (unpaired) electrons. The normalized spacial score (nSPS) is 13.3. The second kappa shape index (κ2) is 4.97. The lowest BCUT2D eigenvalue weighted by Crippen LogP contribution is -2.35. The van der Waals surface area contributed by atoms with Crippen LogP contribution < -0.4 is 10.6 Å². The van der Waals surface area contributed by atoms with Gasteiger partial charge in [-0.25, -0.2) is 9.97 Å². The number of rotatable bonds is 4. The molecule has 16 heavy (non-hydrogen) atoms. The number of nitrogens with one attached hydrogen (secondary N) is 2. The first-order valence-corrected chi connectivity index (χ1v) is 4.42. The van der Waals surface area contributed by atoms with Gasteiger partial charge in [0.05, 0.1) is 6.54 Å². The minimum absolute atomic E-state index is 0.211. The van der Waals surface area contributed by atoms with Crippen molar-refractivity contribution in [3.8, 4) is 0 Å². The van der Waals surface area contributed by atoms with Crippen molar-refractivity contribution in [2.75, 3.05) is 24.2 Å². The Morgan fingerprint density at radius 2 is 2.00 bits per heavy atom. The molecule has 0 fully saturated rings. The summed E-state index contributed by atoms with van der Waals surface area (Å²) in [7, 11) is 1.62. The lowest BCUT2D eigenvalue weighted by molar-refractivity contribution is -0.198. The van der Waals surface area contributed by atoms with Gasteiger partial charge in [-0.05, 0) is 0 Å². The molecule has 0 spiro atoms. The molecule has 0 amide bonds. The summed E-state index contributed by atoms with van der Waals surface area (Å²) in [6.07, 6.45) is -5.85. The van der Waals surface area contributed by atoms with Gasteiger partial charge in [0, 0.05) is 13.1 Å². The fourth-order valence-corrected chi connectivity index (χ4v) is 0.908. The largest absolute Gasteiger partial charge is 0.416 e. The number of anilines is 2. The van der Waals surface area contributed by atoms with Crippen molar-refractivity contribution in [3.63, 3.8) is 0 Å². The maximum absolute atomic E-state index is 12.0. The average Bonchev–Trinajstić information content (AvgIpc) is 2.25. The molecule has 0 aliphatic heterocycles. The number of alkyl halides is 3. The molecule has 0 saturated carbocycles. The van der Waals surface area contributed by atoms with Crippen LogP contribution in [0.5, 0.6) is 0 Å². The molecular weight excluding hydrogens is 225 g/mol. The van der Waals surface area contributed by atoms with E-state index in [0.29, 0.717) is 5.82 Å². The molecule has 0 saturated heterocycles. The summed E-state index contributed by atoms with van der Waals surface area (Å²) in [5, 5.41) is 13.8. The first kappa shape index (κ1) is 12.5. The van der Waals surface area contributed by atoms with E-state index in [1.165, 1.54) is 12.4 Å². The molecule has 1 heterocycles. The first-order valence-electron chi connectivity index (χ1n) is 4.42. The predicted molar refractivity (Wildman–Crippen MR) is 52.1 cm³/mol. The van der Waals surface area contributed by atoms with Gasteiger partial charge in [-0.15, -0.1) is 0 Å². The topological polar surface area (TPSA) is 70.1 Å². The summed E-state index contributed by atoms with van der Waals surface area (Å²) in [5.41, 5.74) is 0. The van der Waals surface area contributed by atoms with Crippen LogP contribution in [0.15, 0.2) is 12.4 Å². The molecule has 0 aliphatic rings. The highest BCUT2D eigenvalue weighted by Crippen LogP contribution is 2.20. The number of halogens is 3. The van der Waals surface area contributed by atoms with Gasteiger partial charge < -0.3 is 15.7 Å². The zero-order valence-electron chi connectivity index (χ0n) is 8.41. The maximum atomic E-state index is 12.0. The van der Waals surface area contributed by atoms with E-state index < -0.39 is 18.8 Å². The molecule has 90 valence electrons. The fourth-order valence-electron chi connectivity index (χ4n) is 0.908. The molecule has 1 rings (SSSR count). The molecule has 0 aliphatic carbocycles. The van der Waals surface area contributed by atoms with Gasteiger partial charge in [-0.2, -0.15) is 13.2 Å². The SMILES string of the molecule is CNc1cc(NCC(O)C(F)(F)F)ncn1. The van der Waals surface area contributed by atoms with Gasteiger partial charge >= 0.3 is 6.18 Å². The van der Waals surface area contributed by atoms with Crippen molar-refractivity contribution < 1.29 is 18.3 Å². The number of aromatic nitrogens is 2. The highest BCUT2D eigenvalue weighted by molar-refractivity contribution is 5.45. The molecule has 1 atom stereocenters. The third-order valence-corrected chi connectivity index (χ3v) is 1.78. The van der Waals surface area contributed by atoms with Crippen molar-refractivity contribution >= 4 is 11.6 Å². The van der Waals surface area contributed by atoms with Crippen LogP contribution in [0.4, 0.5) is 24.8 Å². The summed E-state index contributed by atoms with van der Waals surface area (Å²) in [6.45, 7) is -0.649. The van der Waals surface area contributed by atoms with Gasteiger partial charge in [0.15, 0.2) is 6.10 Å². The minimum Gasteiger partial charge on any atom is -0.382 e. The molecule has 1 unspecified atom stereocenters. The van der Waals surface area contributed by atoms with Crippen LogP contribution >= 0.6 is 0 Å². The minimum atomic E-state index is -4.63. The van der Waals surface area contributed by atoms with E-state index in [0.717, 1.165) is 0 Å². The van der Waals surface area contributed by atoms with E-state index in [-0.39, 0.29) is 5.82 Å². The summed E-state index contributed by atoms with van der Waals surface area (Å²) in [5.74, 6) is 0.682. The van der Waals surface area contributed by atoms with Gasteiger partial charge in [-0.3, -0.25) is 0 Å². The average molecular weight is 236 g/mol. The van der Waals surface area contributed by atoms with Crippen LogP contribution in [0.1, 0.15) is 0 Å². The molecule has 1 aromatic rings. The molecule has 8 heteroatoms. The number of aliphatic hydroxyl groups is 1. The van der Waals surface area contributed by atoms with Gasteiger partial charge in [0.25, 0.3) is 0 Å². The fraction of sp³-hybridized carbons (Fsp3) is 0.500. The second-order valence-corrected chi connectivity index (χ2v) is 2.98. The molecule has 1 aromatic heterocycles. The van der Waals surface area contributed by atoms with Gasteiger partial charge in [0.1, 0.15) is 18.0 Å². The second-order valence-electron chi connectivity index (χ2n) is 2.98. The van der Waals surface area contributed by atoms with Crippen LogP contribution in [0, 0.1) is 0 Å². The quantitative estimate of drug-likeness (QED) is 0.723. The number of hydrogen-bond acceptors (Lipinski definition) is 5. The number of aliphatic hydroxyl groups excluding tert-OH is 1. The first-order chi connectivity index (χ1) is 7.43. The maximum Gasteiger partial charge on any atom is 0.416 e. The van der Waals surface area contributed by atoms with Crippen molar-refractivity contribution in [1.29, 1.82) is 0 Å². The van der Waals surface area contributed by atoms with E-state index in [1.54, 1.807) is 7.05 Å². The molecule has 0 aromatic carbocycles. The van der Waals surface area contributed by atoms with Crippen LogP contribution in [-0.4, -0.2) is 40.9 Å². The highest BCUT2D eigenvalue weighted by Gasteiger charge is 2.37. The monoisotopic (exact) mass is 236 g/mol. The van der Waals surface area contributed by atoms with Crippen LogP contribution in [0.2, 0.25) is 0 Å². The standard InChI is InChI=1S/C8H11F3N4O/c1-12-6-2-7(15-4-14-6)13-3-5(16)8(9,10)11/h2,4-5,16H,3H2,1H3,(H2,12,13,14,15). The Morgan fingerprint density at radius 1 is 1.38 bits per heavy atom. The summed E-state index contributed by atoms with van der Waals surface area (Å²) >= 11 is 0. The van der Waals surface area contributed by atoms with Crippen molar-refractivity contribution in [1.82, 2.24) is 9.97 Å². The number of nitrogens with zero attached hydrogens (tertiary/aromatic N) is 2. The Kier molecular flexibility index (Phi) is 3.88. The van der Waals surface area contributed by atoms with E-state index >= 15 is 0 Å². The Morgan fingerprint density at radius 3 is 2.56 bits per heavy atom. The summed E-state index contributed by atoms with van der Waals surface area (Å²) < 4.78 is 35.9. The van der Waals surface area contributed by atoms with Crippen LogP contribution in [-0.2, 0) is 0 Å². The Bertz CT molecular complexity index is 344. The van der Waals surface area contributed by atoms with Crippen LogP contribution in [0.25, 0.3) is 0 Å². The van der Waals surface area contributed by atoms with Crippen molar-refractivity contribution in [3.05, 3.63) is 12.4 Å². The molecule has 3 N–H and O–H groups in total. The van der Waals surface area contributed by atoms with E-state index in [4.69, 9.17) is 5.11 Å². The van der Waals surface area contributed by atoms with Gasteiger partial charge in [0.2, 0.25) is 0 Å². The third kappa shape index (κ3) is 3.54. The molecular formula is C8H11F3N4O.